The summed E-state index contributed by atoms with van der Waals surface area (Å²) in [6.07, 6.45) is 5.11. The van der Waals surface area contributed by atoms with E-state index in [1.165, 1.54) is 18.9 Å². The van der Waals surface area contributed by atoms with Crippen LogP contribution >= 0.6 is 11.8 Å². The monoisotopic (exact) mass is 496 g/mol. The van der Waals surface area contributed by atoms with E-state index in [9.17, 15) is 14.4 Å². The first-order chi connectivity index (χ1) is 16.9. The third kappa shape index (κ3) is 5.29. The Bertz CT molecular complexity index is 1240. The SMILES string of the molecule is COC(=O)c1c(C)[nH]c(C(=O)CSc2nnc(CN3CCCCCC3=O)n2-c2ccccn2)c1C. The molecule has 0 bridgehead atoms. The van der Waals surface area contributed by atoms with E-state index in [1.54, 1.807) is 24.6 Å². The number of carbonyl (C=O) groups excluding carboxylic acids is 3. The van der Waals surface area contributed by atoms with Gasteiger partial charge in [-0.15, -0.1) is 10.2 Å². The zero-order chi connectivity index (χ0) is 24.9. The number of ketones is 1. The fourth-order valence-electron chi connectivity index (χ4n) is 4.23. The number of esters is 1. The van der Waals surface area contributed by atoms with Crippen molar-refractivity contribution in [3.8, 4) is 5.82 Å². The lowest BCUT2D eigenvalue weighted by Gasteiger charge is -2.20. The molecule has 4 rings (SSSR count). The van der Waals surface area contributed by atoms with Crippen molar-refractivity contribution < 1.29 is 19.1 Å². The lowest BCUT2D eigenvalue weighted by Crippen LogP contribution is -2.31. The highest BCUT2D eigenvalue weighted by Crippen LogP contribution is 2.25. The molecule has 10 nitrogen and oxygen atoms in total. The van der Waals surface area contributed by atoms with Gasteiger partial charge < -0.3 is 14.6 Å². The molecule has 35 heavy (non-hydrogen) atoms. The molecular formula is C24H28N6O4S. The minimum atomic E-state index is -0.481. The van der Waals surface area contributed by atoms with Crippen molar-refractivity contribution in [2.45, 2.75) is 51.2 Å². The number of pyridine rings is 1. The van der Waals surface area contributed by atoms with Gasteiger partial charge in [0.15, 0.2) is 16.8 Å². The Kier molecular flexibility index (Phi) is 7.64. The number of carbonyl (C=O) groups is 3. The van der Waals surface area contributed by atoms with E-state index in [4.69, 9.17) is 4.74 Å². The molecule has 0 aliphatic carbocycles. The third-order valence-electron chi connectivity index (χ3n) is 6.02. The standard InChI is InChI=1S/C24H28N6O4S/c1-15-21(23(33)34-3)16(2)26-22(15)17(31)14-35-24-28-27-19(30(24)18-9-6-7-11-25-18)13-29-12-8-4-5-10-20(29)32/h6-7,9,11,26H,4-5,8,10,12-14H2,1-3H3. The van der Waals surface area contributed by atoms with Gasteiger partial charge in [-0.1, -0.05) is 24.2 Å². The Morgan fingerprint density at radius 1 is 1.17 bits per heavy atom. The van der Waals surface area contributed by atoms with Crippen LogP contribution in [-0.2, 0) is 16.1 Å². The quantitative estimate of drug-likeness (QED) is 0.286. The van der Waals surface area contributed by atoms with Crippen LogP contribution in [0.5, 0.6) is 0 Å². The van der Waals surface area contributed by atoms with Gasteiger partial charge in [0.25, 0.3) is 0 Å². The van der Waals surface area contributed by atoms with Crippen LogP contribution in [-0.4, -0.2) is 66.7 Å². The number of Topliss-reactive ketones (excluding diaryl/α,β-unsaturated/α-hetero) is 1. The molecule has 1 amide bonds. The first-order valence-corrected chi connectivity index (χ1v) is 12.5. The molecule has 1 aliphatic rings. The topological polar surface area (TPSA) is 123 Å². The van der Waals surface area contributed by atoms with Crippen LogP contribution in [0.2, 0.25) is 0 Å². The van der Waals surface area contributed by atoms with Crippen LogP contribution in [0.15, 0.2) is 29.6 Å². The van der Waals surface area contributed by atoms with Gasteiger partial charge in [0, 0.05) is 24.9 Å². The second-order valence-electron chi connectivity index (χ2n) is 8.38. The maximum Gasteiger partial charge on any atom is 0.339 e. The number of thioether (sulfide) groups is 1. The highest BCUT2D eigenvalue weighted by Gasteiger charge is 2.25. The molecule has 184 valence electrons. The summed E-state index contributed by atoms with van der Waals surface area (Å²) >= 11 is 1.23. The van der Waals surface area contributed by atoms with Crippen LogP contribution in [0.25, 0.3) is 5.82 Å². The predicted octanol–water partition coefficient (Wildman–Crippen LogP) is 3.27. The summed E-state index contributed by atoms with van der Waals surface area (Å²) in [5, 5.41) is 9.17. The van der Waals surface area contributed by atoms with Gasteiger partial charge >= 0.3 is 5.97 Å². The Labute approximate surface area is 207 Å². The number of aromatic amines is 1. The summed E-state index contributed by atoms with van der Waals surface area (Å²) in [4.78, 5) is 46.9. The highest BCUT2D eigenvalue weighted by molar-refractivity contribution is 7.99. The summed E-state index contributed by atoms with van der Waals surface area (Å²) in [6, 6.07) is 5.52. The molecule has 1 aliphatic heterocycles. The number of methoxy groups -OCH3 is 1. The Morgan fingerprint density at radius 2 is 2.00 bits per heavy atom. The van der Waals surface area contributed by atoms with E-state index in [0.29, 0.717) is 58.8 Å². The highest BCUT2D eigenvalue weighted by atomic mass is 32.2. The minimum absolute atomic E-state index is 0.0784. The second-order valence-corrected chi connectivity index (χ2v) is 9.32. The molecule has 3 aromatic rings. The van der Waals surface area contributed by atoms with E-state index in [2.05, 4.69) is 20.2 Å². The molecule has 0 unspecified atom stereocenters. The summed E-state index contributed by atoms with van der Waals surface area (Å²) in [5.74, 6) is 0.741. The van der Waals surface area contributed by atoms with Gasteiger partial charge in [0.1, 0.15) is 5.82 Å². The number of hydrogen-bond donors (Lipinski definition) is 1. The van der Waals surface area contributed by atoms with Crippen molar-refractivity contribution >= 4 is 29.4 Å². The van der Waals surface area contributed by atoms with E-state index in [-0.39, 0.29) is 17.4 Å². The Morgan fingerprint density at radius 3 is 2.74 bits per heavy atom. The smallest absolute Gasteiger partial charge is 0.339 e. The number of H-pyrrole nitrogens is 1. The van der Waals surface area contributed by atoms with Crippen molar-refractivity contribution in [2.75, 3.05) is 19.4 Å². The van der Waals surface area contributed by atoms with Gasteiger partial charge in [-0.2, -0.15) is 0 Å². The molecule has 3 aromatic heterocycles. The first-order valence-electron chi connectivity index (χ1n) is 11.5. The van der Waals surface area contributed by atoms with E-state index in [0.717, 1.165) is 19.3 Å². The first kappa shape index (κ1) is 24.6. The minimum Gasteiger partial charge on any atom is -0.465 e. The van der Waals surface area contributed by atoms with Gasteiger partial charge in [0.05, 0.1) is 30.7 Å². The predicted molar refractivity (Wildman–Crippen MR) is 130 cm³/mol. The Hall–Kier alpha value is -3.47. The number of hydrogen-bond acceptors (Lipinski definition) is 8. The molecule has 0 saturated carbocycles. The van der Waals surface area contributed by atoms with E-state index >= 15 is 0 Å². The molecule has 1 N–H and O–H groups in total. The summed E-state index contributed by atoms with van der Waals surface area (Å²) < 4.78 is 6.63. The van der Waals surface area contributed by atoms with Gasteiger partial charge in [-0.05, 0) is 44.4 Å². The summed E-state index contributed by atoms with van der Waals surface area (Å²) in [5.41, 5.74) is 1.90. The lowest BCUT2D eigenvalue weighted by molar-refractivity contribution is -0.131. The molecule has 1 saturated heterocycles. The molecule has 0 radical (unpaired) electrons. The molecule has 0 aromatic carbocycles. The second kappa shape index (κ2) is 10.9. The van der Waals surface area contributed by atoms with Crippen molar-refractivity contribution in [2.24, 2.45) is 0 Å². The third-order valence-corrected chi connectivity index (χ3v) is 6.95. The van der Waals surface area contributed by atoms with Crippen LogP contribution < -0.4 is 0 Å². The van der Waals surface area contributed by atoms with Gasteiger partial charge in [-0.25, -0.2) is 9.78 Å². The van der Waals surface area contributed by atoms with Crippen molar-refractivity contribution in [1.82, 2.24) is 29.6 Å². The lowest BCUT2D eigenvalue weighted by atomic mass is 10.1. The number of nitrogens with one attached hydrogen (secondary N) is 1. The number of nitrogens with zero attached hydrogens (tertiary/aromatic N) is 5. The fraction of sp³-hybridized carbons (Fsp3) is 0.417. The zero-order valence-electron chi connectivity index (χ0n) is 20.0. The normalized spacial score (nSPS) is 14.1. The molecule has 1 fully saturated rings. The maximum atomic E-state index is 13.0. The largest absolute Gasteiger partial charge is 0.465 e. The molecule has 0 spiro atoms. The van der Waals surface area contributed by atoms with E-state index < -0.39 is 5.97 Å². The number of likely N-dealkylation sites (tertiary alicyclic amines) is 1. The molecule has 11 heteroatoms. The maximum absolute atomic E-state index is 13.0. The fourth-order valence-corrected chi connectivity index (χ4v) is 5.06. The van der Waals surface area contributed by atoms with Crippen LogP contribution in [0.3, 0.4) is 0 Å². The van der Waals surface area contributed by atoms with Crippen molar-refractivity contribution in [3.05, 3.63) is 52.7 Å². The number of aromatic nitrogens is 5. The van der Waals surface area contributed by atoms with Crippen LogP contribution in [0.1, 0.15) is 63.6 Å². The number of amides is 1. The van der Waals surface area contributed by atoms with Crippen LogP contribution in [0.4, 0.5) is 0 Å². The molecular weight excluding hydrogens is 468 g/mol. The molecule has 4 heterocycles. The number of aryl methyl sites for hydroxylation is 1. The van der Waals surface area contributed by atoms with E-state index in [1.807, 2.05) is 23.1 Å². The molecule has 0 atom stereocenters. The summed E-state index contributed by atoms with van der Waals surface area (Å²) in [6.45, 7) is 4.47. The summed E-state index contributed by atoms with van der Waals surface area (Å²) in [7, 11) is 1.31. The average molecular weight is 497 g/mol. The Balaban J connectivity index is 1.58. The number of rotatable bonds is 8. The van der Waals surface area contributed by atoms with Gasteiger partial charge in [-0.3, -0.25) is 14.2 Å². The van der Waals surface area contributed by atoms with Gasteiger partial charge in [0.2, 0.25) is 5.91 Å². The van der Waals surface area contributed by atoms with Crippen molar-refractivity contribution in [1.29, 1.82) is 0 Å². The zero-order valence-corrected chi connectivity index (χ0v) is 20.9. The van der Waals surface area contributed by atoms with Crippen molar-refractivity contribution in [3.63, 3.8) is 0 Å². The average Bonchev–Trinajstić information content (AvgIpc) is 3.32. The number of ether oxygens (including phenoxy) is 1. The van der Waals surface area contributed by atoms with Crippen LogP contribution in [0, 0.1) is 13.8 Å².